The Labute approximate surface area is 127 Å². The number of carbonyl (C=O) groups is 1. The van der Waals surface area contributed by atoms with E-state index in [2.05, 4.69) is 5.32 Å². The standard InChI is InChI=1S/C16H18FNO2S/c1-9-4-12(5-10(2)15(9)17)7-18-8-13-6-14(16(19)20)21-11(13)3/h4-6,18H,7-8H2,1-3H3,(H,19,20). The molecule has 0 bridgehead atoms. The summed E-state index contributed by atoms with van der Waals surface area (Å²) in [5.41, 5.74) is 3.31. The van der Waals surface area contributed by atoms with Gasteiger partial charge in [0.05, 0.1) is 0 Å². The Balaban J connectivity index is 2.00. The molecule has 0 aliphatic heterocycles. The minimum atomic E-state index is -0.890. The van der Waals surface area contributed by atoms with Crippen molar-refractivity contribution in [2.24, 2.45) is 0 Å². The third-order valence-electron chi connectivity index (χ3n) is 3.37. The summed E-state index contributed by atoms with van der Waals surface area (Å²) in [6.07, 6.45) is 0. The molecule has 0 spiro atoms. The Morgan fingerprint density at radius 1 is 1.19 bits per heavy atom. The van der Waals surface area contributed by atoms with Crippen LogP contribution in [0.25, 0.3) is 0 Å². The number of benzene rings is 1. The zero-order valence-electron chi connectivity index (χ0n) is 12.3. The fourth-order valence-electron chi connectivity index (χ4n) is 2.28. The van der Waals surface area contributed by atoms with Crippen molar-refractivity contribution in [1.29, 1.82) is 0 Å². The number of carboxylic acid groups (broad SMARTS) is 1. The molecule has 112 valence electrons. The van der Waals surface area contributed by atoms with Gasteiger partial charge < -0.3 is 10.4 Å². The van der Waals surface area contributed by atoms with Crippen LogP contribution in [0.3, 0.4) is 0 Å². The summed E-state index contributed by atoms with van der Waals surface area (Å²) in [6, 6.07) is 5.37. The van der Waals surface area contributed by atoms with Gasteiger partial charge in [0.15, 0.2) is 0 Å². The van der Waals surface area contributed by atoms with E-state index in [1.165, 1.54) is 11.3 Å². The molecule has 1 aromatic heterocycles. The molecule has 0 saturated heterocycles. The van der Waals surface area contributed by atoms with Gasteiger partial charge in [-0.15, -0.1) is 11.3 Å². The lowest BCUT2D eigenvalue weighted by Gasteiger charge is -2.08. The number of hydrogen-bond acceptors (Lipinski definition) is 3. The summed E-state index contributed by atoms with van der Waals surface area (Å²) in [6.45, 7) is 6.66. The molecular formula is C16H18FNO2S. The first kappa shape index (κ1) is 15.7. The van der Waals surface area contributed by atoms with Gasteiger partial charge in [-0.3, -0.25) is 0 Å². The minimum absolute atomic E-state index is 0.154. The van der Waals surface area contributed by atoms with E-state index in [4.69, 9.17) is 5.11 Å². The smallest absolute Gasteiger partial charge is 0.345 e. The van der Waals surface area contributed by atoms with Gasteiger partial charge in [0, 0.05) is 18.0 Å². The van der Waals surface area contributed by atoms with Crippen molar-refractivity contribution in [3.8, 4) is 0 Å². The lowest BCUT2D eigenvalue weighted by atomic mass is 10.1. The predicted octanol–water partition coefficient (Wildman–Crippen LogP) is 3.80. The van der Waals surface area contributed by atoms with Gasteiger partial charge >= 0.3 is 5.97 Å². The number of nitrogens with one attached hydrogen (secondary N) is 1. The van der Waals surface area contributed by atoms with E-state index in [0.29, 0.717) is 29.1 Å². The van der Waals surface area contributed by atoms with Crippen molar-refractivity contribution in [1.82, 2.24) is 5.32 Å². The van der Waals surface area contributed by atoms with Crippen LogP contribution in [-0.2, 0) is 13.1 Å². The lowest BCUT2D eigenvalue weighted by Crippen LogP contribution is -2.13. The van der Waals surface area contributed by atoms with Gasteiger partial charge in [0.25, 0.3) is 0 Å². The van der Waals surface area contributed by atoms with Crippen molar-refractivity contribution in [2.75, 3.05) is 0 Å². The second-order valence-electron chi connectivity index (χ2n) is 5.14. The molecule has 3 nitrogen and oxygen atoms in total. The Hall–Kier alpha value is -1.72. The van der Waals surface area contributed by atoms with Crippen LogP contribution in [0, 0.1) is 26.6 Å². The molecule has 1 aromatic carbocycles. The third kappa shape index (κ3) is 3.68. The number of aryl methyl sites for hydroxylation is 3. The quantitative estimate of drug-likeness (QED) is 0.883. The largest absolute Gasteiger partial charge is 0.477 e. The number of rotatable bonds is 5. The first-order valence-electron chi connectivity index (χ1n) is 6.67. The van der Waals surface area contributed by atoms with E-state index in [9.17, 15) is 9.18 Å². The molecule has 5 heteroatoms. The summed E-state index contributed by atoms with van der Waals surface area (Å²) in [4.78, 5) is 12.3. The van der Waals surface area contributed by atoms with Crippen LogP contribution in [0.2, 0.25) is 0 Å². The Morgan fingerprint density at radius 2 is 1.81 bits per heavy atom. The summed E-state index contributed by atoms with van der Waals surface area (Å²) in [7, 11) is 0. The van der Waals surface area contributed by atoms with E-state index in [1.807, 2.05) is 19.1 Å². The monoisotopic (exact) mass is 307 g/mol. The first-order valence-corrected chi connectivity index (χ1v) is 7.49. The highest BCUT2D eigenvalue weighted by Crippen LogP contribution is 2.21. The molecule has 2 rings (SSSR count). The summed E-state index contributed by atoms with van der Waals surface area (Å²) in [5.74, 6) is -1.04. The zero-order chi connectivity index (χ0) is 15.6. The van der Waals surface area contributed by atoms with Crippen LogP contribution in [0.4, 0.5) is 4.39 Å². The molecule has 0 atom stereocenters. The van der Waals surface area contributed by atoms with Crippen molar-refractivity contribution in [3.05, 3.63) is 56.0 Å². The fourth-order valence-corrected chi connectivity index (χ4v) is 3.16. The van der Waals surface area contributed by atoms with Crippen LogP contribution in [0.15, 0.2) is 18.2 Å². The van der Waals surface area contributed by atoms with Crippen LogP contribution < -0.4 is 5.32 Å². The van der Waals surface area contributed by atoms with E-state index in [0.717, 1.165) is 16.0 Å². The number of hydrogen-bond donors (Lipinski definition) is 2. The molecule has 0 amide bonds. The van der Waals surface area contributed by atoms with Crippen LogP contribution in [-0.4, -0.2) is 11.1 Å². The molecule has 0 radical (unpaired) electrons. The minimum Gasteiger partial charge on any atom is -0.477 e. The maximum Gasteiger partial charge on any atom is 0.345 e. The molecule has 0 fully saturated rings. The second-order valence-corrected chi connectivity index (χ2v) is 6.40. The van der Waals surface area contributed by atoms with E-state index in [1.54, 1.807) is 19.9 Å². The second kappa shape index (κ2) is 6.37. The average molecular weight is 307 g/mol. The van der Waals surface area contributed by atoms with Crippen LogP contribution >= 0.6 is 11.3 Å². The molecule has 0 saturated carbocycles. The SMILES string of the molecule is Cc1cc(CNCc2cc(C(=O)O)sc2C)cc(C)c1F. The van der Waals surface area contributed by atoms with Gasteiger partial charge in [0.1, 0.15) is 10.7 Å². The Morgan fingerprint density at radius 3 is 2.33 bits per heavy atom. The highest BCUT2D eigenvalue weighted by atomic mass is 32.1. The normalized spacial score (nSPS) is 10.9. The molecule has 2 aromatic rings. The Kier molecular flexibility index (Phi) is 4.75. The number of aromatic carboxylic acids is 1. The van der Waals surface area contributed by atoms with Crippen molar-refractivity contribution in [2.45, 2.75) is 33.9 Å². The first-order chi connectivity index (χ1) is 9.88. The molecule has 0 unspecified atom stereocenters. The zero-order valence-corrected chi connectivity index (χ0v) is 13.1. The number of carboxylic acids is 1. The molecule has 2 N–H and O–H groups in total. The number of halogens is 1. The van der Waals surface area contributed by atoms with Gasteiger partial charge in [-0.25, -0.2) is 9.18 Å². The van der Waals surface area contributed by atoms with Crippen LogP contribution in [0.5, 0.6) is 0 Å². The predicted molar refractivity (Wildman–Crippen MR) is 82.4 cm³/mol. The Bertz CT molecular complexity index is 656. The topological polar surface area (TPSA) is 49.3 Å². The van der Waals surface area contributed by atoms with E-state index >= 15 is 0 Å². The van der Waals surface area contributed by atoms with Gasteiger partial charge in [-0.05, 0) is 49.1 Å². The molecule has 0 aliphatic carbocycles. The van der Waals surface area contributed by atoms with E-state index < -0.39 is 5.97 Å². The summed E-state index contributed by atoms with van der Waals surface area (Å²) >= 11 is 1.29. The molecule has 0 aliphatic rings. The van der Waals surface area contributed by atoms with Crippen molar-refractivity contribution in [3.63, 3.8) is 0 Å². The maximum atomic E-state index is 13.6. The van der Waals surface area contributed by atoms with Gasteiger partial charge in [-0.2, -0.15) is 0 Å². The highest BCUT2D eigenvalue weighted by molar-refractivity contribution is 7.14. The van der Waals surface area contributed by atoms with Crippen molar-refractivity contribution >= 4 is 17.3 Å². The fraction of sp³-hybridized carbons (Fsp3) is 0.312. The number of thiophene rings is 1. The molecular weight excluding hydrogens is 289 g/mol. The van der Waals surface area contributed by atoms with E-state index in [-0.39, 0.29) is 5.82 Å². The van der Waals surface area contributed by atoms with Gasteiger partial charge in [-0.1, -0.05) is 12.1 Å². The molecule has 21 heavy (non-hydrogen) atoms. The highest BCUT2D eigenvalue weighted by Gasteiger charge is 2.11. The van der Waals surface area contributed by atoms with Crippen molar-refractivity contribution < 1.29 is 14.3 Å². The maximum absolute atomic E-state index is 13.6. The average Bonchev–Trinajstić information content (AvgIpc) is 2.78. The van der Waals surface area contributed by atoms with Crippen LogP contribution in [0.1, 0.15) is 36.8 Å². The lowest BCUT2D eigenvalue weighted by molar-refractivity contribution is 0.0702. The summed E-state index contributed by atoms with van der Waals surface area (Å²) in [5, 5.41) is 12.2. The molecule has 1 heterocycles. The van der Waals surface area contributed by atoms with Gasteiger partial charge in [0.2, 0.25) is 0 Å². The summed E-state index contributed by atoms with van der Waals surface area (Å²) < 4.78 is 13.6. The third-order valence-corrected chi connectivity index (χ3v) is 4.45.